The number of carbonyl (C=O) groups is 1. The van der Waals surface area contributed by atoms with Crippen LogP contribution in [0, 0.1) is 23.2 Å². The summed E-state index contributed by atoms with van der Waals surface area (Å²) in [4.78, 5) is 13.6. The van der Waals surface area contributed by atoms with Crippen molar-refractivity contribution in [2.75, 3.05) is 13.1 Å². The number of hydrogen-bond acceptors (Lipinski definition) is 3. The molecule has 0 aromatic rings. The van der Waals surface area contributed by atoms with Gasteiger partial charge in [-0.15, -0.1) is 0 Å². The molecule has 4 heteroatoms. The molecule has 0 aromatic heterocycles. The fourth-order valence-corrected chi connectivity index (χ4v) is 2.11. The van der Waals surface area contributed by atoms with Crippen LogP contribution in [0.4, 0.5) is 4.79 Å². The molecule has 96 valence electrons. The first-order valence-electron chi connectivity index (χ1n) is 6.18. The minimum atomic E-state index is -0.441. The summed E-state index contributed by atoms with van der Waals surface area (Å²) >= 11 is 0. The maximum Gasteiger partial charge on any atom is 0.410 e. The molecule has 1 fully saturated rings. The molecule has 0 N–H and O–H groups in total. The molecule has 0 bridgehead atoms. The zero-order valence-corrected chi connectivity index (χ0v) is 11.2. The first-order chi connectivity index (χ1) is 7.83. The van der Waals surface area contributed by atoms with Gasteiger partial charge in [-0.3, -0.25) is 0 Å². The van der Waals surface area contributed by atoms with Crippen molar-refractivity contribution in [1.29, 1.82) is 5.26 Å². The number of amides is 1. The van der Waals surface area contributed by atoms with Crippen LogP contribution in [-0.2, 0) is 4.74 Å². The Hall–Kier alpha value is -1.24. The number of nitriles is 1. The van der Waals surface area contributed by atoms with Gasteiger partial charge in [0.15, 0.2) is 0 Å². The maximum absolute atomic E-state index is 11.9. The Bertz CT molecular complexity index is 314. The number of likely N-dealkylation sites (tertiary alicyclic amines) is 1. The number of nitrogens with zero attached hydrogens (tertiary/aromatic N) is 2. The van der Waals surface area contributed by atoms with Crippen molar-refractivity contribution in [3.8, 4) is 6.07 Å². The van der Waals surface area contributed by atoms with Gasteiger partial charge in [0.25, 0.3) is 0 Å². The summed E-state index contributed by atoms with van der Waals surface area (Å²) in [5.74, 6) is 0.787. The predicted molar refractivity (Wildman–Crippen MR) is 65.3 cm³/mol. The van der Waals surface area contributed by atoms with Crippen molar-refractivity contribution >= 4 is 6.09 Å². The molecule has 17 heavy (non-hydrogen) atoms. The van der Waals surface area contributed by atoms with Crippen molar-refractivity contribution in [2.24, 2.45) is 11.8 Å². The quantitative estimate of drug-likeness (QED) is 0.705. The topological polar surface area (TPSA) is 53.3 Å². The Labute approximate surface area is 104 Å². The van der Waals surface area contributed by atoms with Crippen molar-refractivity contribution in [3.05, 3.63) is 0 Å². The number of piperidine rings is 1. The second-order valence-corrected chi connectivity index (χ2v) is 5.81. The highest BCUT2D eigenvalue weighted by atomic mass is 16.6. The molecular formula is C13H22N2O2. The smallest absolute Gasteiger partial charge is 0.410 e. The van der Waals surface area contributed by atoms with Crippen LogP contribution in [0.15, 0.2) is 0 Å². The lowest BCUT2D eigenvalue weighted by Gasteiger charge is -2.36. The van der Waals surface area contributed by atoms with Crippen LogP contribution < -0.4 is 0 Å². The van der Waals surface area contributed by atoms with Gasteiger partial charge >= 0.3 is 6.09 Å². The minimum Gasteiger partial charge on any atom is -0.444 e. The Morgan fingerprint density at radius 3 is 2.65 bits per heavy atom. The second kappa shape index (κ2) is 5.39. The van der Waals surface area contributed by atoms with Gasteiger partial charge < -0.3 is 9.64 Å². The molecular weight excluding hydrogens is 216 g/mol. The van der Waals surface area contributed by atoms with Crippen LogP contribution in [-0.4, -0.2) is 29.7 Å². The van der Waals surface area contributed by atoms with Crippen LogP contribution in [0.3, 0.4) is 0 Å². The summed E-state index contributed by atoms with van der Waals surface area (Å²) < 4.78 is 5.34. The van der Waals surface area contributed by atoms with E-state index in [1.165, 1.54) is 0 Å². The lowest BCUT2D eigenvalue weighted by Crippen LogP contribution is -2.45. The van der Waals surface area contributed by atoms with Gasteiger partial charge in [-0.05, 0) is 39.0 Å². The molecule has 2 atom stereocenters. The second-order valence-electron chi connectivity index (χ2n) is 5.81. The van der Waals surface area contributed by atoms with Crippen LogP contribution in [0.2, 0.25) is 0 Å². The molecule has 1 aliphatic rings. The van der Waals surface area contributed by atoms with Crippen LogP contribution in [0.25, 0.3) is 0 Å². The largest absolute Gasteiger partial charge is 0.444 e. The van der Waals surface area contributed by atoms with Crippen molar-refractivity contribution < 1.29 is 9.53 Å². The molecule has 0 spiro atoms. The van der Waals surface area contributed by atoms with Gasteiger partial charge in [-0.1, -0.05) is 6.92 Å². The summed E-state index contributed by atoms with van der Waals surface area (Å²) in [5.41, 5.74) is -0.441. The number of hydrogen-bond donors (Lipinski definition) is 0. The summed E-state index contributed by atoms with van der Waals surface area (Å²) in [7, 11) is 0. The number of rotatable bonds is 1. The minimum absolute atomic E-state index is 0.236. The highest BCUT2D eigenvalue weighted by Crippen LogP contribution is 2.26. The molecule has 1 heterocycles. The Balaban J connectivity index is 2.50. The van der Waals surface area contributed by atoms with Gasteiger partial charge in [0, 0.05) is 19.5 Å². The van der Waals surface area contributed by atoms with Crippen molar-refractivity contribution in [2.45, 2.75) is 46.1 Å². The number of carbonyl (C=O) groups excluding carboxylic acids is 1. The predicted octanol–water partition coefficient (Wildman–Crippen LogP) is 2.79. The van der Waals surface area contributed by atoms with Gasteiger partial charge in [0.1, 0.15) is 5.60 Å². The molecule has 0 saturated carbocycles. The molecule has 0 aromatic carbocycles. The molecule has 1 rings (SSSR count). The zero-order chi connectivity index (χ0) is 13.1. The average Bonchev–Trinajstić information content (AvgIpc) is 2.18. The van der Waals surface area contributed by atoms with E-state index in [9.17, 15) is 4.79 Å². The van der Waals surface area contributed by atoms with Crippen LogP contribution >= 0.6 is 0 Å². The normalized spacial score (nSPS) is 25.2. The van der Waals surface area contributed by atoms with Gasteiger partial charge in [-0.2, -0.15) is 5.26 Å². The lowest BCUT2D eigenvalue weighted by molar-refractivity contribution is 0.0119. The van der Waals surface area contributed by atoms with E-state index in [2.05, 4.69) is 13.0 Å². The van der Waals surface area contributed by atoms with E-state index in [4.69, 9.17) is 10.00 Å². The van der Waals surface area contributed by atoms with E-state index < -0.39 is 5.60 Å². The molecule has 1 aliphatic heterocycles. The van der Waals surface area contributed by atoms with Gasteiger partial charge in [0.05, 0.1) is 6.07 Å². The van der Waals surface area contributed by atoms with E-state index >= 15 is 0 Å². The summed E-state index contributed by atoms with van der Waals surface area (Å²) in [6.07, 6.45) is 1.25. The highest BCUT2D eigenvalue weighted by molar-refractivity contribution is 5.68. The Kier molecular flexibility index (Phi) is 4.39. The van der Waals surface area contributed by atoms with Crippen molar-refractivity contribution in [3.63, 3.8) is 0 Å². The Morgan fingerprint density at radius 2 is 2.18 bits per heavy atom. The Morgan fingerprint density at radius 1 is 1.53 bits per heavy atom. The molecule has 4 nitrogen and oxygen atoms in total. The summed E-state index contributed by atoms with van der Waals surface area (Å²) in [6.45, 7) is 9.11. The molecule has 0 radical (unpaired) electrons. The third kappa shape index (κ3) is 4.26. The monoisotopic (exact) mass is 238 g/mol. The standard InChI is InChI=1S/C13H22N2O2/c1-10-9-15(8-6-11(10)5-7-14)12(16)17-13(2,3)4/h10-11H,5-6,8-9H2,1-4H3/t10-,11+/m0/s1. The van der Waals surface area contributed by atoms with E-state index in [-0.39, 0.29) is 6.09 Å². The van der Waals surface area contributed by atoms with Crippen LogP contribution in [0.5, 0.6) is 0 Å². The summed E-state index contributed by atoms with van der Waals surface area (Å²) in [5, 5.41) is 8.71. The third-order valence-corrected chi connectivity index (χ3v) is 3.09. The van der Waals surface area contributed by atoms with Crippen molar-refractivity contribution in [1.82, 2.24) is 4.90 Å². The maximum atomic E-state index is 11.9. The van der Waals surface area contributed by atoms with Crippen LogP contribution in [0.1, 0.15) is 40.5 Å². The number of ether oxygens (including phenoxy) is 1. The lowest BCUT2D eigenvalue weighted by atomic mass is 9.85. The third-order valence-electron chi connectivity index (χ3n) is 3.09. The highest BCUT2D eigenvalue weighted by Gasteiger charge is 2.30. The van der Waals surface area contributed by atoms with E-state index in [0.717, 1.165) is 6.42 Å². The fraction of sp³-hybridized carbons (Fsp3) is 0.846. The molecule has 1 amide bonds. The van der Waals surface area contributed by atoms with E-state index in [1.54, 1.807) is 4.90 Å². The van der Waals surface area contributed by atoms with Gasteiger partial charge in [-0.25, -0.2) is 4.79 Å². The first-order valence-corrected chi connectivity index (χ1v) is 6.18. The molecule has 0 unspecified atom stereocenters. The fourth-order valence-electron chi connectivity index (χ4n) is 2.11. The van der Waals surface area contributed by atoms with Gasteiger partial charge in [0.2, 0.25) is 0 Å². The summed E-state index contributed by atoms with van der Waals surface area (Å²) in [6, 6.07) is 2.22. The molecule has 0 aliphatic carbocycles. The SMILES string of the molecule is C[C@H]1CN(C(=O)OC(C)(C)C)CC[C@H]1CC#N. The molecule has 1 saturated heterocycles. The average molecular weight is 238 g/mol. The first kappa shape index (κ1) is 13.8. The zero-order valence-electron chi connectivity index (χ0n) is 11.2. The van der Waals surface area contributed by atoms with E-state index in [0.29, 0.717) is 31.3 Å². The van der Waals surface area contributed by atoms with E-state index in [1.807, 2.05) is 20.8 Å².